The van der Waals surface area contributed by atoms with Crippen molar-refractivity contribution in [2.75, 3.05) is 26.2 Å². The summed E-state index contributed by atoms with van der Waals surface area (Å²) in [4.78, 5) is 4.46. The summed E-state index contributed by atoms with van der Waals surface area (Å²) >= 11 is 0. The van der Waals surface area contributed by atoms with Gasteiger partial charge in [0.25, 0.3) is 0 Å². The van der Waals surface area contributed by atoms with Crippen molar-refractivity contribution in [1.29, 1.82) is 0 Å². The fraction of sp³-hybridized carbons (Fsp3) is 0.400. The van der Waals surface area contributed by atoms with E-state index >= 15 is 0 Å². The van der Waals surface area contributed by atoms with Gasteiger partial charge in [-0.3, -0.25) is 9.80 Å². The van der Waals surface area contributed by atoms with Gasteiger partial charge in [0, 0.05) is 39.3 Å². The number of benzene rings is 2. The SMILES string of the molecule is O[C@H]1CN(Cc2ccccc2)CCN(Cc2ccc(OC(F)F)cc2)C1. The molecule has 0 aliphatic carbocycles. The van der Waals surface area contributed by atoms with E-state index in [1.165, 1.54) is 5.56 Å². The summed E-state index contributed by atoms with van der Waals surface area (Å²) in [6.45, 7) is 1.65. The van der Waals surface area contributed by atoms with Crippen LogP contribution in [0.3, 0.4) is 0 Å². The number of nitrogens with zero attached hydrogens (tertiary/aromatic N) is 2. The Morgan fingerprint density at radius 3 is 1.96 bits per heavy atom. The molecule has 0 aromatic heterocycles. The van der Waals surface area contributed by atoms with Crippen molar-refractivity contribution in [3.63, 3.8) is 0 Å². The van der Waals surface area contributed by atoms with Gasteiger partial charge in [0.05, 0.1) is 6.10 Å². The maximum Gasteiger partial charge on any atom is 0.387 e. The molecular formula is C20H24F2N2O2. The summed E-state index contributed by atoms with van der Waals surface area (Å²) in [6, 6.07) is 16.9. The first kappa shape index (κ1) is 18.8. The number of aliphatic hydroxyl groups is 1. The molecule has 1 aliphatic heterocycles. The van der Waals surface area contributed by atoms with Gasteiger partial charge in [-0.15, -0.1) is 0 Å². The van der Waals surface area contributed by atoms with E-state index in [1.807, 2.05) is 18.2 Å². The molecule has 0 saturated carbocycles. The average Bonchev–Trinajstić information content (AvgIpc) is 2.78. The number of β-amino-alcohol motifs (C(OH)–C–C–N with tert-alkyl or cyclic N) is 1. The lowest BCUT2D eigenvalue weighted by Crippen LogP contribution is -2.33. The molecule has 1 saturated heterocycles. The molecule has 4 nitrogen and oxygen atoms in total. The predicted molar refractivity (Wildman–Crippen MR) is 96.1 cm³/mol. The number of alkyl halides is 2. The van der Waals surface area contributed by atoms with E-state index in [9.17, 15) is 13.9 Å². The second-order valence-corrected chi connectivity index (χ2v) is 6.63. The van der Waals surface area contributed by atoms with Crippen molar-refractivity contribution in [2.24, 2.45) is 0 Å². The van der Waals surface area contributed by atoms with Gasteiger partial charge >= 0.3 is 6.61 Å². The van der Waals surface area contributed by atoms with Crippen LogP contribution in [0.4, 0.5) is 8.78 Å². The van der Waals surface area contributed by atoms with Crippen molar-refractivity contribution in [3.8, 4) is 5.75 Å². The van der Waals surface area contributed by atoms with Crippen LogP contribution >= 0.6 is 0 Å². The van der Waals surface area contributed by atoms with Crippen LogP contribution in [0, 0.1) is 0 Å². The average molecular weight is 362 g/mol. The van der Waals surface area contributed by atoms with E-state index in [0.29, 0.717) is 19.6 Å². The first-order valence-corrected chi connectivity index (χ1v) is 8.79. The number of hydrogen-bond acceptors (Lipinski definition) is 4. The smallest absolute Gasteiger partial charge is 0.387 e. The van der Waals surface area contributed by atoms with Crippen LogP contribution in [-0.4, -0.2) is 53.8 Å². The molecule has 6 heteroatoms. The van der Waals surface area contributed by atoms with Crippen molar-refractivity contribution in [2.45, 2.75) is 25.8 Å². The zero-order valence-electron chi connectivity index (χ0n) is 14.6. The summed E-state index contributed by atoms with van der Waals surface area (Å²) in [7, 11) is 0. The fourth-order valence-electron chi connectivity index (χ4n) is 3.28. The Morgan fingerprint density at radius 2 is 1.42 bits per heavy atom. The highest BCUT2D eigenvalue weighted by molar-refractivity contribution is 5.27. The summed E-state index contributed by atoms with van der Waals surface area (Å²) in [6.07, 6.45) is -0.414. The molecule has 3 rings (SSSR count). The van der Waals surface area contributed by atoms with E-state index in [4.69, 9.17) is 0 Å². The first-order chi connectivity index (χ1) is 12.6. The number of aliphatic hydroxyl groups excluding tert-OH is 1. The largest absolute Gasteiger partial charge is 0.435 e. The van der Waals surface area contributed by atoms with Crippen LogP contribution in [0.2, 0.25) is 0 Å². The highest BCUT2D eigenvalue weighted by atomic mass is 19.3. The lowest BCUT2D eigenvalue weighted by Gasteiger charge is -2.21. The Bertz CT molecular complexity index is 667. The number of ether oxygens (including phenoxy) is 1. The Labute approximate surface area is 152 Å². The Morgan fingerprint density at radius 1 is 0.885 bits per heavy atom. The minimum atomic E-state index is -2.81. The number of rotatable bonds is 6. The van der Waals surface area contributed by atoms with Crippen LogP contribution in [0.1, 0.15) is 11.1 Å². The Kier molecular flexibility index (Phi) is 6.55. The summed E-state index contributed by atoms with van der Waals surface area (Å²) in [5.74, 6) is 0.161. The second kappa shape index (κ2) is 9.07. The minimum absolute atomic E-state index is 0.161. The van der Waals surface area contributed by atoms with Gasteiger partial charge in [-0.1, -0.05) is 42.5 Å². The third-order valence-electron chi connectivity index (χ3n) is 4.47. The molecule has 0 unspecified atom stereocenters. The molecule has 2 aromatic carbocycles. The maximum atomic E-state index is 12.2. The molecule has 1 atom stereocenters. The molecule has 1 fully saturated rings. The van der Waals surface area contributed by atoms with Gasteiger partial charge in [-0.05, 0) is 23.3 Å². The summed E-state index contributed by atoms with van der Waals surface area (Å²) in [5.41, 5.74) is 2.25. The van der Waals surface area contributed by atoms with Gasteiger partial charge in [0.2, 0.25) is 0 Å². The first-order valence-electron chi connectivity index (χ1n) is 8.79. The summed E-state index contributed by atoms with van der Waals surface area (Å²) in [5, 5.41) is 10.3. The molecule has 0 amide bonds. The topological polar surface area (TPSA) is 35.9 Å². The molecule has 0 bridgehead atoms. The maximum absolute atomic E-state index is 12.2. The van der Waals surface area contributed by atoms with Crippen LogP contribution in [0.15, 0.2) is 54.6 Å². The van der Waals surface area contributed by atoms with Gasteiger partial charge < -0.3 is 9.84 Å². The standard InChI is InChI=1S/C20H24F2N2O2/c21-20(22)26-19-8-6-17(7-9-19)13-24-11-10-23(14-18(25)15-24)12-16-4-2-1-3-5-16/h1-9,18,20,25H,10-15H2/t18-/m0/s1. The van der Waals surface area contributed by atoms with Gasteiger partial charge in [-0.25, -0.2) is 0 Å². The van der Waals surface area contributed by atoms with Crippen molar-refractivity contribution < 1.29 is 18.6 Å². The minimum Gasteiger partial charge on any atom is -0.435 e. The van der Waals surface area contributed by atoms with Gasteiger partial charge in [0.1, 0.15) is 5.75 Å². The number of halogens is 2. The van der Waals surface area contributed by atoms with Crippen LogP contribution in [0.25, 0.3) is 0 Å². The lowest BCUT2D eigenvalue weighted by atomic mass is 10.2. The molecule has 0 radical (unpaired) electrons. The van der Waals surface area contributed by atoms with E-state index in [0.717, 1.165) is 25.2 Å². The van der Waals surface area contributed by atoms with Crippen LogP contribution in [-0.2, 0) is 13.1 Å². The normalized spacial score (nSPS) is 19.5. The highest BCUT2D eigenvalue weighted by Gasteiger charge is 2.21. The van der Waals surface area contributed by atoms with E-state index in [-0.39, 0.29) is 5.75 Å². The second-order valence-electron chi connectivity index (χ2n) is 6.63. The molecule has 2 aromatic rings. The molecule has 0 spiro atoms. The predicted octanol–water partition coefficient (Wildman–Crippen LogP) is 2.97. The molecule has 1 aliphatic rings. The molecule has 26 heavy (non-hydrogen) atoms. The van der Waals surface area contributed by atoms with Crippen molar-refractivity contribution >= 4 is 0 Å². The van der Waals surface area contributed by atoms with Crippen LogP contribution < -0.4 is 4.74 Å². The number of hydrogen-bond donors (Lipinski definition) is 1. The lowest BCUT2D eigenvalue weighted by molar-refractivity contribution is -0.0498. The third-order valence-corrected chi connectivity index (χ3v) is 4.47. The van der Waals surface area contributed by atoms with Crippen LogP contribution in [0.5, 0.6) is 5.75 Å². The van der Waals surface area contributed by atoms with Crippen molar-refractivity contribution in [3.05, 3.63) is 65.7 Å². The molecule has 1 heterocycles. The molecular weight excluding hydrogens is 338 g/mol. The van der Waals surface area contributed by atoms with E-state index in [1.54, 1.807) is 24.3 Å². The van der Waals surface area contributed by atoms with E-state index < -0.39 is 12.7 Å². The van der Waals surface area contributed by atoms with Gasteiger partial charge in [-0.2, -0.15) is 8.78 Å². The zero-order chi connectivity index (χ0) is 18.4. The highest BCUT2D eigenvalue weighted by Crippen LogP contribution is 2.17. The fourth-order valence-corrected chi connectivity index (χ4v) is 3.28. The Hall–Kier alpha value is -2.02. The van der Waals surface area contributed by atoms with Crippen molar-refractivity contribution in [1.82, 2.24) is 9.80 Å². The molecule has 140 valence electrons. The van der Waals surface area contributed by atoms with E-state index in [2.05, 4.69) is 26.7 Å². The third kappa shape index (κ3) is 5.76. The monoisotopic (exact) mass is 362 g/mol. The van der Waals surface area contributed by atoms with Gasteiger partial charge in [0.15, 0.2) is 0 Å². The zero-order valence-corrected chi connectivity index (χ0v) is 14.6. The molecule has 1 N–H and O–H groups in total. The Balaban J connectivity index is 1.55. The quantitative estimate of drug-likeness (QED) is 0.857. The summed E-state index contributed by atoms with van der Waals surface area (Å²) < 4.78 is 28.8.